The predicted molar refractivity (Wildman–Crippen MR) is 97.0 cm³/mol. The van der Waals surface area contributed by atoms with Gasteiger partial charge in [-0.1, -0.05) is 65.9 Å². The molecule has 5 heteroatoms. The molecule has 0 unspecified atom stereocenters. The zero-order valence-electron chi connectivity index (χ0n) is 13.4. The summed E-state index contributed by atoms with van der Waals surface area (Å²) in [6.45, 7) is 2.51. The van der Waals surface area contributed by atoms with Crippen LogP contribution in [0.1, 0.15) is 11.1 Å². The molecule has 122 valence electrons. The number of carbonyl (C=O) groups is 1. The third-order valence-corrected chi connectivity index (χ3v) is 4.78. The van der Waals surface area contributed by atoms with Gasteiger partial charge in [-0.3, -0.25) is 14.2 Å². The van der Waals surface area contributed by atoms with Crippen LogP contribution in [0.25, 0.3) is 10.4 Å². The first kappa shape index (κ1) is 16.2. The SMILES string of the molecule is Cc1ccccc1CNC(=O)Cn1cc(-c2ccccc2)sc1=O. The highest BCUT2D eigenvalue weighted by Crippen LogP contribution is 2.21. The first-order valence-corrected chi connectivity index (χ1v) is 8.52. The van der Waals surface area contributed by atoms with Gasteiger partial charge in [-0.05, 0) is 23.6 Å². The van der Waals surface area contributed by atoms with E-state index < -0.39 is 0 Å². The number of nitrogens with zero attached hydrogens (tertiary/aromatic N) is 1. The Balaban J connectivity index is 1.66. The molecule has 3 aromatic rings. The molecule has 0 bridgehead atoms. The summed E-state index contributed by atoms with van der Waals surface area (Å²) in [4.78, 5) is 25.0. The molecule has 0 atom stereocenters. The van der Waals surface area contributed by atoms with Gasteiger partial charge in [0.05, 0.1) is 4.88 Å². The summed E-state index contributed by atoms with van der Waals surface area (Å²) in [5, 5.41) is 2.87. The molecule has 0 fully saturated rings. The highest BCUT2D eigenvalue weighted by atomic mass is 32.1. The highest BCUT2D eigenvalue weighted by molar-refractivity contribution is 7.12. The van der Waals surface area contributed by atoms with Crippen molar-refractivity contribution in [3.63, 3.8) is 0 Å². The predicted octanol–water partition coefficient (Wildman–Crippen LogP) is 3.20. The van der Waals surface area contributed by atoms with Crippen molar-refractivity contribution in [3.05, 3.63) is 81.6 Å². The lowest BCUT2D eigenvalue weighted by atomic mass is 10.1. The van der Waals surface area contributed by atoms with Crippen molar-refractivity contribution in [1.82, 2.24) is 9.88 Å². The van der Waals surface area contributed by atoms with Crippen molar-refractivity contribution in [3.8, 4) is 10.4 Å². The van der Waals surface area contributed by atoms with E-state index in [1.54, 1.807) is 6.20 Å². The molecule has 0 saturated carbocycles. The second kappa shape index (κ2) is 7.27. The van der Waals surface area contributed by atoms with Crippen LogP contribution in [-0.4, -0.2) is 10.5 Å². The Morgan fingerprint density at radius 1 is 1.08 bits per heavy atom. The van der Waals surface area contributed by atoms with Crippen LogP contribution < -0.4 is 10.2 Å². The van der Waals surface area contributed by atoms with Gasteiger partial charge in [0.1, 0.15) is 6.54 Å². The molecule has 0 spiro atoms. The number of carbonyl (C=O) groups excluding carboxylic acids is 1. The van der Waals surface area contributed by atoms with Gasteiger partial charge in [0.25, 0.3) is 0 Å². The Morgan fingerprint density at radius 2 is 1.79 bits per heavy atom. The molecular weight excluding hydrogens is 320 g/mol. The molecule has 0 saturated heterocycles. The van der Waals surface area contributed by atoms with E-state index in [0.717, 1.165) is 32.9 Å². The second-order valence-corrected chi connectivity index (χ2v) is 6.55. The number of aryl methyl sites for hydroxylation is 1. The Morgan fingerprint density at radius 3 is 2.54 bits per heavy atom. The minimum atomic E-state index is -0.169. The zero-order chi connectivity index (χ0) is 16.9. The summed E-state index contributed by atoms with van der Waals surface area (Å²) in [6.07, 6.45) is 1.75. The Kier molecular flexibility index (Phi) is 4.91. The van der Waals surface area contributed by atoms with E-state index in [0.29, 0.717) is 6.54 Å². The van der Waals surface area contributed by atoms with Crippen LogP contribution in [0.5, 0.6) is 0 Å². The lowest BCUT2D eigenvalue weighted by Gasteiger charge is -2.08. The maximum Gasteiger partial charge on any atom is 0.308 e. The number of aromatic nitrogens is 1. The minimum absolute atomic E-state index is 0.0358. The molecule has 1 amide bonds. The van der Waals surface area contributed by atoms with Crippen molar-refractivity contribution < 1.29 is 4.79 Å². The van der Waals surface area contributed by atoms with E-state index in [2.05, 4.69) is 5.32 Å². The van der Waals surface area contributed by atoms with Crippen molar-refractivity contribution in [2.24, 2.45) is 0 Å². The Bertz CT molecular complexity index is 897. The fourth-order valence-electron chi connectivity index (χ4n) is 2.43. The van der Waals surface area contributed by atoms with Crippen molar-refractivity contribution >= 4 is 17.2 Å². The van der Waals surface area contributed by atoms with Gasteiger partial charge >= 0.3 is 4.87 Å². The summed E-state index contributed by atoms with van der Waals surface area (Å²) in [5.41, 5.74) is 3.20. The third-order valence-electron chi connectivity index (χ3n) is 3.81. The maximum atomic E-state index is 12.1. The molecule has 3 rings (SSSR count). The number of thiazole rings is 1. The number of hydrogen-bond acceptors (Lipinski definition) is 3. The lowest BCUT2D eigenvalue weighted by Crippen LogP contribution is -2.30. The first-order chi connectivity index (χ1) is 11.6. The monoisotopic (exact) mass is 338 g/mol. The summed E-state index contributed by atoms with van der Waals surface area (Å²) in [6, 6.07) is 17.6. The molecule has 0 aliphatic rings. The Labute approximate surface area is 144 Å². The number of amides is 1. The Hall–Kier alpha value is -2.66. The fourth-order valence-corrected chi connectivity index (χ4v) is 3.29. The summed E-state index contributed by atoms with van der Waals surface area (Å²) >= 11 is 1.15. The lowest BCUT2D eigenvalue weighted by molar-refractivity contribution is -0.121. The molecule has 2 aromatic carbocycles. The van der Waals surface area contributed by atoms with Gasteiger partial charge in [-0.2, -0.15) is 0 Å². The van der Waals surface area contributed by atoms with Gasteiger partial charge in [0.2, 0.25) is 5.91 Å². The number of hydrogen-bond donors (Lipinski definition) is 1. The van der Waals surface area contributed by atoms with E-state index in [1.165, 1.54) is 4.57 Å². The molecule has 24 heavy (non-hydrogen) atoms. The van der Waals surface area contributed by atoms with E-state index in [4.69, 9.17) is 0 Å². The molecule has 1 aromatic heterocycles. The van der Waals surface area contributed by atoms with Crippen LogP contribution in [0.4, 0.5) is 0 Å². The largest absolute Gasteiger partial charge is 0.350 e. The van der Waals surface area contributed by atoms with Crippen LogP contribution in [0, 0.1) is 6.92 Å². The average molecular weight is 338 g/mol. The topological polar surface area (TPSA) is 51.1 Å². The second-order valence-electron chi connectivity index (χ2n) is 5.56. The van der Waals surface area contributed by atoms with Crippen molar-refractivity contribution in [2.45, 2.75) is 20.0 Å². The summed E-state index contributed by atoms with van der Waals surface area (Å²) in [5.74, 6) is -0.169. The van der Waals surface area contributed by atoms with E-state index in [9.17, 15) is 9.59 Å². The standard InChI is InChI=1S/C19H18N2O2S/c1-14-7-5-6-10-16(14)11-20-18(22)13-21-12-17(24-19(21)23)15-8-3-2-4-9-15/h2-10,12H,11,13H2,1H3,(H,20,22). The van der Waals surface area contributed by atoms with Crippen molar-refractivity contribution in [1.29, 1.82) is 0 Å². The highest BCUT2D eigenvalue weighted by Gasteiger charge is 2.10. The van der Waals surface area contributed by atoms with Gasteiger partial charge in [-0.25, -0.2) is 0 Å². The molecule has 0 aliphatic heterocycles. The quantitative estimate of drug-likeness (QED) is 0.777. The summed E-state index contributed by atoms with van der Waals surface area (Å²) in [7, 11) is 0. The van der Waals surface area contributed by atoms with E-state index in [1.807, 2.05) is 61.5 Å². The molecule has 4 nitrogen and oxygen atoms in total. The van der Waals surface area contributed by atoms with Crippen LogP contribution in [0.2, 0.25) is 0 Å². The van der Waals surface area contributed by atoms with Gasteiger partial charge in [-0.15, -0.1) is 0 Å². The first-order valence-electron chi connectivity index (χ1n) is 7.70. The molecule has 0 aliphatic carbocycles. The number of rotatable bonds is 5. The van der Waals surface area contributed by atoms with Crippen LogP contribution in [-0.2, 0) is 17.9 Å². The maximum absolute atomic E-state index is 12.1. The molecule has 1 heterocycles. The van der Waals surface area contributed by atoms with Crippen LogP contribution >= 0.6 is 11.3 Å². The minimum Gasteiger partial charge on any atom is -0.350 e. The van der Waals surface area contributed by atoms with Gasteiger partial charge < -0.3 is 5.32 Å². The smallest absolute Gasteiger partial charge is 0.308 e. The normalized spacial score (nSPS) is 10.5. The summed E-state index contributed by atoms with van der Waals surface area (Å²) < 4.78 is 1.46. The number of nitrogens with one attached hydrogen (secondary N) is 1. The zero-order valence-corrected chi connectivity index (χ0v) is 14.2. The van der Waals surface area contributed by atoms with E-state index in [-0.39, 0.29) is 17.3 Å². The third kappa shape index (κ3) is 3.81. The van der Waals surface area contributed by atoms with Gasteiger partial charge in [0, 0.05) is 12.7 Å². The van der Waals surface area contributed by atoms with E-state index >= 15 is 0 Å². The fraction of sp³-hybridized carbons (Fsp3) is 0.158. The number of benzene rings is 2. The molecule has 1 N–H and O–H groups in total. The molecular formula is C19H18N2O2S. The van der Waals surface area contributed by atoms with Crippen LogP contribution in [0.15, 0.2) is 65.6 Å². The molecule has 0 radical (unpaired) electrons. The van der Waals surface area contributed by atoms with Crippen molar-refractivity contribution in [2.75, 3.05) is 0 Å². The van der Waals surface area contributed by atoms with Crippen LogP contribution in [0.3, 0.4) is 0 Å². The van der Waals surface area contributed by atoms with Gasteiger partial charge in [0.15, 0.2) is 0 Å². The average Bonchev–Trinajstić information content (AvgIpc) is 2.96.